The number of carbonyl (C=O) groups is 2. The van der Waals surface area contributed by atoms with Crippen LogP contribution in [0.5, 0.6) is 0 Å². The van der Waals surface area contributed by atoms with Gasteiger partial charge in [-0.2, -0.15) is 0 Å². The summed E-state index contributed by atoms with van der Waals surface area (Å²) in [6.07, 6.45) is 2.40. The lowest BCUT2D eigenvalue weighted by Crippen LogP contribution is -2.45. The molecule has 7 nitrogen and oxygen atoms in total. The van der Waals surface area contributed by atoms with Crippen molar-refractivity contribution in [3.05, 3.63) is 88.0 Å². The summed E-state index contributed by atoms with van der Waals surface area (Å²) >= 11 is 5.85. The maximum absolute atomic E-state index is 14.6. The zero-order chi connectivity index (χ0) is 27.9. The zero-order valence-corrected chi connectivity index (χ0v) is 21.1. The molecule has 2 aliphatic rings. The molecule has 204 valence electrons. The van der Waals surface area contributed by atoms with Crippen molar-refractivity contribution in [3.63, 3.8) is 0 Å². The highest BCUT2D eigenvalue weighted by Gasteiger charge is 2.53. The number of aliphatic hydroxyl groups is 1. The van der Waals surface area contributed by atoms with Crippen LogP contribution >= 0.6 is 11.6 Å². The van der Waals surface area contributed by atoms with E-state index in [1.807, 2.05) is 0 Å². The molecule has 1 saturated carbocycles. The van der Waals surface area contributed by atoms with Gasteiger partial charge in [0.1, 0.15) is 17.3 Å². The van der Waals surface area contributed by atoms with Crippen molar-refractivity contribution < 1.29 is 32.3 Å². The molecule has 5 rings (SSSR count). The molecule has 1 aromatic carbocycles. The smallest absolute Gasteiger partial charge is 0.281 e. The van der Waals surface area contributed by atoms with Gasteiger partial charge in [0, 0.05) is 36.1 Å². The van der Waals surface area contributed by atoms with E-state index in [9.17, 15) is 32.3 Å². The number of fused-ring (bicyclic) bond motifs is 1. The molecule has 0 saturated heterocycles. The maximum Gasteiger partial charge on any atom is 0.281 e. The van der Waals surface area contributed by atoms with Gasteiger partial charge in [0.2, 0.25) is 0 Å². The van der Waals surface area contributed by atoms with Crippen molar-refractivity contribution in [3.8, 4) is 0 Å². The molecule has 2 aromatic heterocycles. The minimum Gasteiger partial charge on any atom is -0.372 e. The Labute approximate surface area is 225 Å². The molecule has 0 bridgehead atoms. The molecule has 0 spiro atoms. The second-order valence-corrected chi connectivity index (χ2v) is 10.2. The predicted molar refractivity (Wildman–Crippen MR) is 133 cm³/mol. The monoisotopic (exact) mass is 562 g/mol. The van der Waals surface area contributed by atoms with Gasteiger partial charge in [-0.05, 0) is 61.9 Å². The van der Waals surface area contributed by atoms with E-state index in [2.05, 4.69) is 15.3 Å². The van der Waals surface area contributed by atoms with Crippen molar-refractivity contribution in [2.24, 2.45) is 5.92 Å². The lowest BCUT2D eigenvalue weighted by molar-refractivity contribution is -0.132. The van der Waals surface area contributed by atoms with Crippen LogP contribution in [0.2, 0.25) is 5.02 Å². The third kappa shape index (κ3) is 4.96. The zero-order valence-electron chi connectivity index (χ0n) is 20.4. The third-order valence-electron chi connectivity index (χ3n) is 7.32. The molecule has 1 unspecified atom stereocenters. The number of hydrogen-bond acceptors (Lipinski definition) is 5. The number of carbonyl (C=O) groups excluding carboxylic acids is 2. The second kappa shape index (κ2) is 10.5. The van der Waals surface area contributed by atoms with Gasteiger partial charge in [-0.15, -0.1) is 0 Å². The van der Waals surface area contributed by atoms with E-state index in [4.69, 9.17) is 11.6 Å². The molecule has 3 aromatic rings. The summed E-state index contributed by atoms with van der Waals surface area (Å²) in [5.74, 6) is -3.12. The SMILES string of the molecule is O=C(N[C@H]1CC[C@H](CN2C(=O)C(O)(c3ccncc3F)c3cc(F)ccc32)CC1)c1cc(Cl)cnc1C(F)F. The largest absolute Gasteiger partial charge is 0.372 e. The summed E-state index contributed by atoms with van der Waals surface area (Å²) in [6, 6.07) is 5.62. The van der Waals surface area contributed by atoms with E-state index in [1.54, 1.807) is 0 Å². The Morgan fingerprint density at radius 2 is 1.87 bits per heavy atom. The Kier molecular flexibility index (Phi) is 7.30. The van der Waals surface area contributed by atoms with Crippen molar-refractivity contribution >= 4 is 29.1 Å². The standard InChI is InChI=1S/C27H23ClF4N4O3/c28-15-9-18(23(24(31)32)34-11-15)25(37)35-17-4-1-14(2-5-17)13-36-22-6-3-16(29)10-20(22)27(39,26(36)38)19-7-8-33-12-21(19)30/h3,6-12,14,17,24,39H,1-2,4-5,13H2,(H,35,37)/t14-,17-,27?. The fraction of sp³-hybridized carbons (Fsp3) is 0.333. The minimum absolute atomic E-state index is 0.0471. The molecule has 2 N–H and O–H groups in total. The van der Waals surface area contributed by atoms with Gasteiger partial charge in [0.05, 0.1) is 22.5 Å². The van der Waals surface area contributed by atoms with Gasteiger partial charge < -0.3 is 15.3 Å². The van der Waals surface area contributed by atoms with Crippen LogP contribution in [-0.2, 0) is 10.4 Å². The predicted octanol–water partition coefficient (Wildman–Crippen LogP) is 4.92. The summed E-state index contributed by atoms with van der Waals surface area (Å²) in [6.45, 7) is 0.181. The number of amides is 2. The maximum atomic E-state index is 14.6. The van der Waals surface area contributed by atoms with Gasteiger partial charge in [-0.25, -0.2) is 17.6 Å². The van der Waals surface area contributed by atoms with Crippen LogP contribution in [0.25, 0.3) is 0 Å². The fourth-order valence-electron chi connectivity index (χ4n) is 5.38. The van der Waals surface area contributed by atoms with Crippen molar-refractivity contribution in [2.75, 3.05) is 11.4 Å². The van der Waals surface area contributed by atoms with Crippen LogP contribution in [-0.4, -0.2) is 39.5 Å². The first kappa shape index (κ1) is 27.0. The summed E-state index contributed by atoms with van der Waals surface area (Å²) in [5, 5.41) is 14.3. The van der Waals surface area contributed by atoms with Crippen molar-refractivity contribution in [1.82, 2.24) is 15.3 Å². The molecule has 1 atom stereocenters. The van der Waals surface area contributed by atoms with E-state index in [0.717, 1.165) is 24.5 Å². The number of halogens is 5. The molecular formula is C27H23ClF4N4O3. The second-order valence-electron chi connectivity index (χ2n) is 9.72. The first-order valence-electron chi connectivity index (χ1n) is 12.3. The van der Waals surface area contributed by atoms with Crippen molar-refractivity contribution in [2.45, 2.75) is 43.8 Å². The van der Waals surface area contributed by atoms with Gasteiger partial charge in [-0.3, -0.25) is 19.6 Å². The van der Waals surface area contributed by atoms with E-state index < -0.39 is 41.2 Å². The van der Waals surface area contributed by atoms with Gasteiger partial charge in [-0.1, -0.05) is 11.6 Å². The molecule has 0 radical (unpaired) electrons. The number of nitrogens with one attached hydrogen (secondary N) is 1. The van der Waals surface area contributed by atoms with Crippen LogP contribution < -0.4 is 10.2 Å². The van der Waals surface area contributed by atoms with E-state index in [0.29, 0.717) is 25.7 Å². The Morgan fingerprint density at radius 1 is 1.13 bits per heavy atom. The molecule has 1 aliphatic heterocycles. The summed E-state index contributed by atoms with van der Waals surface area (Å²) in [5.41, 5.74) is -3.43. The number of alkyl halides is 2. The lowest BCUT2D eigenvalue weighted by Gasteiger charge is -2.32. The first-order valence-corrected chi connectivity index (χ1v) is 12.7. The van der Waals surface area contributed by atoms with Crippen LogP contribution in [0.1, 0.15) is 59.3 Å². The average molecular weight is 563 g/mol. The Balaban J connectivity index is 1.29. The highest BCUT2D eigenvalue weighted by molar-refractivity contribution is 6.30. The molecule has 39 heavy (non-hydrogen) atoms. The number of anilines is 1. The van der Waals surface area contributed by atoms with Crippen LogP contribution in [0.4, 0.5) is 23.2 Å². The molecule has 3 heterocycles. The van der Waals surface area contributed by atoms with E-state index in [1.165, 1.54) is 29.3 Å². The summed E-state index contributed by atoms with van der Waals surface area (Å²) in [7, 11) is 0. The summed E-state index contributed by atoms with van der Waals surface area (Å²) in [4.78, 5) is 34.8. The Bertz CT molecular complexity index is 1430. The number of aromatic nitrogens is 2. The van der Waals surface area contributed by atoms with Crippen LogP contribution in [0, 0.1) is 17.6 Å². The van der Waals surface area contributed by atoms with Crippen LogP contribution in [0.15, 0.2) is 48.9 Å². The van der Waals surface area contributed by atoms with E-state index in [-0.39, 0.29) is 45.9 Å². The topological polar surface area (TPSA) is 95.4 Å². The van der Waals surface area contributed by atoms with Gasteiger partial charge >= 0.3 is 0 Å². The van der Waals surface area contributed by atoms with Gasteiger partial charge in [0.25, 0.3) is 18.2 Å². The minimum atomic E-state index is -2.94. The number of hydrogen-bond donors (Lipinski definition) is 2. The quantitative estimate of drug-likeness (QED) is 0.416. The molecular weight excluding hydrogens is 540 g/mol. The summed E-state index contributed by atoms with van der Waals surface area (Å²) < 4.78 is 55.4. The molecule has 2 amide bonds. The highest BCUT2D eigenvalue weighted by atomic mass is 35.5. The average Bonchev–Trinajstić information content (AvgIpc) is 3.11. The normalized spacial score (nSPS) is 22.7. The Hall–Kier alpha value is -3.57. The van der Waals surface area contributed by atoms with Crippen LogP contribution in [0.3, 0.4) is 0 Å². The van der Waals surface area contributed by atoms with Crippen molar-refractivity contribution in [1.29, 1.82) is 0 Å². The number of nitrogens with zero attached hydrogens (tertiary/aromatic N) is 3. The first-order chi connectivity index (χ1) is 18.6. The number of rotatable bonds is 6. The van der Waals surface area contributed by atoms with Gasteiger partial charge in [0.15, 0.2) is 5.60 Å². The lowest BCUT2D eigenvalue weighted by atomic mass is 9.85. The number of benzene rings is 1. The third-order valence-corrected chi connectivity index (χ3v) is 7.52. The fourth-order valence-corrected chi connectivity index (χ4v) is 5.54. The highest BCUT2D eigenvalue weighted by Crippen LogP contribution is 2.46. The molecule has 1 aliphatic carbocycles. The Morgan fingerprint density at radius 3 is 2.56 bits per heavy atom. The number of pyridine rings is 2. The molecule has 1 fully saturated rings. The van der Waals surface area contributed by atoms with E-state index >= 15 is 0 Å². The molecule has 12 heteroatoms.